The first-order valence-electron chi connectivity index (χ1n) is 6.39. The van der Waals surface area contributed by atoms with Gasteiger partial charge in [0, 0.05) is 10.4 Å². The highest BCUT2D eigenvalue weighted by Gasteiger charge is 2.22. The van der Waals surface area contributed by atoms with Crippen molar-refractivity contribution in [1.29, 1.82) is 0 Å². The summed E-state index contributed by atoms with van der Waals surface area (Å²) in [5, 5.41) is 3.23. The molecule has 2 aromatic rings. The Bertz CT molecular complexity index is 605. The van der Waals surface area contributed by atoms with Gasteiger partial charge in [-0.1, -0.05) is 19.1 Å². The zero-order valence-corrected chi connectivity index (χ0v) is 14.0. The van der Waals surface area contributed by atoms with Gasteiger partial charge in [-0.15, -0.1) is 11.3 Å². The van der Waals surface area contributed by atoms with Crippen LogP contribution in [0.15, 0.2) is 22.0 Å². The molecule has 108 valence electrons. The molecule has 0 amide bonds. The van der Waals surface area contributed by atoms with Crippen LogP contribution in [0.5, 0.6) is 0 Å². The molecule has 0 radical (unpaired) electrons. The zero-order chi connectivity index (χ0) is 14.9. The van der Waals surface area contributed by atoms with Gasteiger partial charge in [-0.05, 0) is 53.5 Å². The van der Waals surface area contributed by atoms with E-state index in [1.54, 1.807) is 30.4 Å². The molecule has 0 saturated heterocycles. The summed E-state index contributed by atoms with van der Waals surface area (Å²) >= 11 is 5.02. The molecule has 0 aliphatic rings. The second-order valence-electron chi connectivity index (χ2n) is 4.70. The summed E-state index contributed by atoms with van der Waals surface area (Å²) in [5.41, 5.74) is 1.77. The fourth-order valence-corrected chi connectivity index (χ4v) is 3.74. The molecule has 0 aliphatic heterocycles. The molecule has 0 spiro atoms. The van der Waals surface area contributed by atoms with Crippen molar-refractivity contribution in [2.75, 3.05) is 6.54 Å². The third-order valence-electron chi connectivity index (χ3n) is 3.19. The van der Waals surface area contributed by atoms with Crippen molar-refractivity contribution in [3.05, 3.63) is 55.2 Å². The highest BCUT2D eigenvalue weighted by Crippen LogP contribution is 2.35. The molecule has 1 nitrogen and oxygen atoms in total. The SMILES string of the molecule is CCNC(c1cc(C)c(Br)s1)c1ccc(C)c(F)c1F. The molecule has 2 rings (SSSR count). The predicted octanol–water partition coefficient (Wildman–Crippen LogP) is 5.10. The third-order valence-corrected chi connectivity index (χ3v) is 5.39. The fourth-order valence-electron chi connectivity index (χ4n) is 2.08. The number of rotatable bonds is 4. The molecule has 5 heteroatoms. The smallest absolute Gasteiger partial charge is 0.164 e. The van der Waals surface area contributed by atoms with Gasteiger partial charge in [-0.25, -0.2) is 8.78 Å². The lowest BCUT2D eigenvalue weighted by atomic mass is 10.0. The summed E-state index contributed by atoms with van der Waals surface area (Å²) in [6, 6.07) is 4.95. The Morgan fingerprint density at radius 2 is 1.90 bits per heavy atom. The minimum Gasteiger partial charge on any atom is -0.306 e. The monoisotopic (exact) mass is 359 g/mol. The van der Waals surface area contributed by atoms with Gasteiger partial charge < -0.3 is 5.32 Å². The van der Waals surface area contributed by atoms with E-state index in [-0.39, 0.29) is 6.04 Å². The molecule has 1 heterocycles. The van der Waals surface area contributed by atoms with Gasteiger partial charge in [-0.2, -0.15) is 0 Å². The zero-order valence-electron chi connectivity index (χ0n) is 11.6. The maximum Gasteiger partial charge on any atom is 0.164 e. The normalized spacial score (nSPS) is 12.7. The minimum absolute atomic E-state index is 0.324. The molecule has 1 N–H and O–H groups in total. The topological polar surface area (TPSA) is 12.0 Å². The summed E-state index contributed by atoms with van der Waals surface area (Å²) in [4.78, 5) is 0.971. The number of nitrogens with one attached hydrogen (secondary N) is 1. The summed E-state index contributed by atoms with van der Waals surface area (Å²) in [6.07, 6.45) is 0. The fraction of sp³-hybridized carbons (Fsp3) is 0.333. The van der Waals surface area contributed by atoms with E-state index in [1.165, 1.54) is 0 Å². The van der Waals surface area contributed by atoms with Gasteiger partial charge in [0.25, 0.3) is 0 Å². The van der Waals surface area contributed by atoms with Gasteiger partial charge >= 0.3 is 0 Å². The van der Waals surface area contributed by atoms with Gasteiger partial charge in [0.1, 0.15) is 0 Å². The van der Waals surface area contributed by atoms with E-state index in [0.29, 0.717) is 17.7 Å². The maximum atomic E-state index is 14.2. The van der Waals surface area contributed by atoms with Crippen LogP contribution in [-0.2, 0) is 0 Å². The molecule has 0 fully saturated rings. The molecular weight excluding hydrogens is 344 g/mol. The van der Waals surface area contributed by atoms with Crippen molar-refractivity contribution in [3.8, 4) is 0 Å². The lowest BCUT2D eigenvalue weighted by Gasteiger charge is -2.18. The summed E-state index contributed by atoms with van der Waals surface area (Å²) in [7, 11) is 0. The van der Waals surface area contributed by atoms with E-state index in [2.05, 4.69) is 21.2 Å². The van der Waals surface area contributed by atoms with Crippen LogP contribution in [0.4, 0.5) is 8.78 Å². The Morgan fingerprint density at radius 1 is 1.20 bits per heavy atom. The maximum absolute atomic E-state index is 14.2. The predicted molar refractivity (Wildman–Crippen MR) is 83.4 cm³/mol. The van der Waals surface area contributed by atoms with E-state index >= 15 is 0 Å². The van der Waals surface area contributed by atoms with Crippen molar-refractivity contribution in [3.63, 3.8) is 0 Å². The van der Waals surface area contributed by atoms with Crippen LogP contribution < -0.4 is 5.32 Å². The molecule has 1 aromatic carbocycles. The van der Waals surface area contributed by atoms with Crippen LogP contribution in [-0.4, -0.2) is 6.54 Å². The van der Waals surface area contributed by atoms with E-state index in [0.717, 1.165) is 14.2 Å². The Kier molecular flexibility index (Phi) is 4.94. The quantitative estimate of drug-likeness (QED) is 0.800. The molecule has 0 bridgehead atoms. The van der Waals surface area contributed by atoms with E-state index in [1.807, 2.05) is 19.9 Å². The molecule has 0 aliphatic carbocycles. The number of thiophene rings is 1. The van der Waals surface area contributed by atoms with Crippen molar-refractivity contribution in [1.82, 2.24) is 5.32 Å². The molecule has 1 unspecified atom stereocenters. The number of hydrogen-bond donors (Lipinski definition) is 1. The standard InChI is InChI=1S/C15H16BrF2NS/c1-4-19-14(11-7-9(3)15(16)20-11)10-6-5-8(2)12(17)13(10)18/h5-7,14,19H,4H2,1-3H3. The Balaban J connectivity index is 2.51. The number of benzene rings is 1. The highest BCUT2D eigenvalue weighted by atomic mass is 79.9. The van der Waals surface area contributed by atoms with Gasteiger partial charge in [0.15, 0.2) is 11.6 Å². The van der Waals surface area contributed by atoms with Gasteiger partial charge in [0.05, 0.1) is 9.83 Å². The summed E-state index contributed by atoms with van der Waals surface area (Å²) in [5.74, 6) is -1.53. The van der Waals surface area contributed by atoms with Gasteiger partial charge in [0.2, 0.25) is 0 Å². The van der Waals surface area contributed by atoms with Gasteiger partial charge in [-0.3, -0.25) is 0 Å². The molecular formula is C15H16BrF2NS. The molecule has 1 aromatic heterocycles. The number of aryl methyl sites for hydroxylation is 2. The van der Waals surface area contributed by atoms with Crippen molar-refractivity contribution in [2.24, 2.45) is 0 Å². The van der Waals surface area contributed by atoms with Crippen LogP contribution in [0.3, 0.4) is 0 Å². The lowest BCUT2D eigenvalue weighted by molar-refractivity contribution is 0.479. The second-order valence-corrected chi connectivity index (χ2v) is 7.10. The van der Waals surface area contributed by atoms with E-state index in [4.69, 9.17) is 0 Å². The highest BCUT2D eigenvalue weighted by molar-refractivity contribution is 9.11. The van der Waals surface area contributed by atoms with Crippen LogP contribution in [0.2, 0.25) is 0 Å². The van der Waals surface area contributed by atoms with Crippen LogP contribution in [0, 0.1) is 25.5 Å². The van der Waals surface area contributed by atoms with E-state index in [9.17, 15) is 8.78 Å². The van der Waals surface area contributed by atoms with Crippen molar-refractivity contribution < 1.29 is 8.78 Å². The van der Waals surface area contributed by atoms with Crippen LogP contribution >= 0.6 is 27.3 Å². The third kappa shape index (κ3) is 2.95. The summed E-state index contributed by atoms with van der Waals surface area (Å²) in [6.45, 7) is 6.18. The minimum atomic E-state index is -0.766. The number of hydrogen-bond acceptors (Lipinski definition) is 2. The molecule has 20 heavy (non-hydrogen) atoms. The van der Waals surface area contributed by atoms with E-state index < -0.39 is 11.6 Å². The first kappa shape index (κ1) is 15.6. The first-order chi connectivity index (χ1) is 9.45. The first-order valence-corrected chi connectivity index (χ1v) is 8.00. The lowest BCUT2D eigenvalue weighted by Crippen LogP contribution is -2.22. The average molecular weight is 360 g/mol. The van der Waals surface area contributed by atoms with Crippen molar-refractivity contribution >= 4 is 27.3 Å². The van der Waals surface area contributed by atoms with Crippen LogP contribution in [0.1, 0.15) is 34.5 Å². The largest absolute Gasteiger partial charge is 0.306 e. The second kappa shape index (κ2) is 6.33. The Labute approximate surface area is 130 Å². The molecule has 1 atom stereocenters. The van der Waals surface area contributed by atoms with Crippen LogP contribution in [0.25, 0.3) is 0 Å². The van der Waals surface area contributed by atoms with Crippen molar-refractivity contribution in [2.45, 2.75) is 26.8 Å². The Hall–Kier alpha value is -0.780. The number of halogens is 3. The average Bonchev–Trinajstić information content (AvgIpc) is 2.74. The Morgan fingerprint density at radius 3 is 2.45 bits per heavy atom. The summed E-state index contributed by atoms with van der Waals surface area (Å²) < 4.78 is 29.0. The molecule has 0 saturated carbocycles.